The van der Waals surface area contributed by atoms with E-state index < -0.39 is 0 Å². The quantitative estimate of drug-likeness (QED) is 0.817. The van der Waals surface area contributed by atoms with Gasteiger partial charge in [0.1, 0.15) is 0 Å². The van der Waals surface area contributed by atoms with Gasteiger partial charge in [0.2, 0.25) is 5.91 Å². The van der Waals surface area contributed by atoms with Crippen molar-refractivity contribution in [3.05, 3.63) is 0 Å². The summed E-state index contributed by atoms with van der Waals surface area (Å²) in [6.45, 7) is 9.78. The van der Waals surface area contributed by atoms with E-state index in [0.717, 1.165) is 32.2 Å². The summed E-state index contributed by atoms with van der Waals surface area (Å²) in [6.07, 6.45) is 4.31. The van der Waals surface area contributed by atoms with Crippen LogP contribution in [0.4, 0.5) is 0 Å². The van der Waals surface area contributed by atoms with Crippen LogP contribution in [0.2, 0.25) is 0 Å². The lowest BCUT2D eigenvalue weighted by Gasteiger charge is -2.22. The fourth-order valence-electron chi connectivity index (χ4n) is 1.97. The lowest BCUT2D eigenvalue weighted by molar-refractivity contribution is -0.123. The minimum Gasteiger partial charge on any atom is -0.352 e. The molecule has 1 rings (SSSR count). The Kier molecular flexibility index (Phi) is 7.10. The van der Waals surface area contributed by atoms with E-state index in [0.29, 0.717) is 5.41 Å². The Labute approximate surface area is 112 Å². The highest BCUT2D eigenvalue weighted by Gasteiger charge is 2.23. The summed E-state index contributed by atoms with van der Waals surface area (Å²) in [5, 5.41) is 6.31. The number of halogens is 1. The highest BCUT2D eigenvalue weighted by atomic mass is 35.5. The molecule has 1 amide bonds. The molecule has 1 saturated heterocycles. The van der Waals surface area contributed by atoms with Gasteiger partial charge in [-0.2, -0.15) is 0 Å². The summed E-state index contributed by atoms with van der Waals surface area (Å²) in [5.74, 6) is 0.180. The van der Waals surface area contributed by atoms with E-state index >= 15 is 0 Å². The van der Waals surface area contributed by atoms with Gasteiger partial charge in [-0.3, -0.25) is 4.79 Å². The van der Waals surface area contributed by atoms with Gasteiger partial charge < -0.3 is 10.6 Å². The maximum absolute atomic E-state index is 11.8. The molecule has 1 fully saturated rings. The molecule has 0 aromatic carbocycles. The summed E-state index contributed by atoms with van der Waals surface area (Å²) < 4.78 is 0. The molecular formula is C13H27ClN2O. The first-order valence-electron chi connectivity index (χ1n) is 6.42. The van der Waals surface area contributed by atoms with E-state index in [9.17, 15) is 4.79 Å². The molecule has 4 heteroatoms. The zero-order valence-electron chi connectivity index (χ0n) is 11.5. The lowest BCUT2D eigenvalue weighted by atomic mass is 9.89. The standard InChI is InChI=1S/C13H26N2O.ClH/c1-10(7-8-13(2,3)4)15-12(16)11-6-5-9-14-11;/h10-11,14H,5-9H2,1-4H3,(H,15,16);1H. The van der Waals surface area contributed by atoms with E-state index in [2.05, 4.69) is 38.3 Å². The van der Waals surface area contributed by atoms with Crippen LogP contribution in [-0.4, -0.2) is 24.5 Å². The number of hydrogen-bond acceptors (Lipinski definition) is 2. The Bertz CT molecular complexity index is 232. The van der Waals surface area contributed by atoms with Crippen LogP contribution in [0.25, 0.3) is 0 Å². The van der Waals surface area contributed by atoms with E-state index in [-0.39, 0.29) is 30.4 Å². The van der Waals surface area contributed by atoms with Gasteiger partial charge in [-0.25, -0.2) is 0 Å². The Morgan fingerprint density at radius 2 is 2.12 bits per heavy atom. The largest absolute Gasteiger partial charge is 0.352 e. The summed E-state index contributed by atoms with van der Waals surface area (Å²) in [7, 11) is 0. The number of carbonyl (C=O) groups excluding carboxylic acids is 1. The van der Waals surface area contributed by atoms with Crippen molar-refractivity contribution in [1.82, 2.24) is 10.6 Å². The molecule has 0 saturated carbocycles. The number of amides is 1. The smallest absolute Gasteiger partial charge is 0.237 e. The van der Waals surface area contributed by atoms with Crippen molar-refractivity contribution in [1.29, 1.82) is 0 Å². The van der Waals surface area contributed by atoms with Gasteiger partial charge in [0.15, 0.2) is 0 Å². The Morgan fingerprint density at radius 1 is 1.47 bits per heavy atom. The van der Waals surface area contributed by atoms with Gasteiger partial charge in [-0.05, 0) is 44.6 Å². The first-order chi connectivity index (χ1) is 7.38. The van der Waals surface area contributed by atoms with Crippen LogP contribution < -0.4 is 10.6 Å². The third-order valence-corrected chi connectivity index (χ3v) is 3.09. The SMILES string of the molecule is CC(CCC(C)(C)C)NC(=O)C1CCCN1.Cl. The van der Waals surface area contributed by atoms with Crippen molar-refractivity contribution in [2.24, 2.45) is 5.41 Å². The van der Waals surface area contributed by atoms with Gasteiger partial charge in [0, 0.05) is 6.04 Å². The molecule has 2 N–H and O–H groups in total. The fraction of sp³-hybridized carbons (Fsp3) is 0.923. The average Bonchev–Trinajstić information content (AvgIpc) is 2.66. The van der Waals surface area contributed by atoms with Crippen LogP contribution in [0.3, 0.4) is 0 Å². The summed E-state index contributed by atoms with van der Waals surface area (Å²) in [5.41, 5.74) is 0.352. The lowest BCUT2D eigenvalue weighted by Crippen LogP contribution is -2.44. The maximum atomic E-state index is 11.8. The predicted molar refractivity (Wildman–Crippen MR) is 74.6 cm³/mol. The summed E-state index contributed by atoms with van der Waals surface area (Å²) >= 11 is 0. The van der Waals surface area contributed by atoms with E-state index in [1.54, 1.807) is 0 Å². The molecule has 17 heavy (non-hydrogen) atoms. The maximum Gasteiger partial charge on any atom is 0.237 e. The van der Waals surface area contributed by atoms with E-state index in [1.165, 1.54) is 0 Å². The molecule has 0 aliphatic carbocycles. The van der Waals surface area contributed by atoms with Crippen LogP contribution in [-0.2, 0) is 4.79 Å². The average molecular weight is 263 g/mol. The number of nitrogens with one attached hydrogen (secondary N) is 2. The van der Waals surface area contributed by atoms with Gasteiger partial charge in [0.05, 0.1) is 6.04 Å². The van der Waals surface area contributed by atoms with Crippen molar-refractivity contribution in [2.75, 3.05) is 6.54 Å². The second-order valence-corrected chi connectivity index (χ2v) is 6.16. The van der Waals surface area contributed by atoms with Crippen molar-refractivity contribution in [2.45, 2.75) is 65.5 Å². The molecule has 102 valence electrons. The summed E-state index contributed by atoms with van der Waals surface area (Å²) in [6, 6.07) is 0.339. The van der Waals surface area contributed by atoms with Gasteiger partial charge >= 0.3 is 0 Å². The highest BCUT2D eigenvalue weighted by molar-refractivity contribution is 5.85. The molecule has 0 spiro atoms. The van der Waals surface area contributed by atoms with Crippen molar-refractivity contribution in [3.8, 4) is 0 Å². The number of hydrogen-bond donors (Lipinski definition) is 2. The predicted octanol–water partition coefficient (Wildman–Crippen LogP) is 2.49. The Balaban J connectivity index is 0.00000256. The molecule has 2 unspecified atom stereocenters. The van der Waals surface area contributed by atoms with Crippen molar-refractivity contribution >= 4 is 18.3 Å². The molecular weight excluding hydrogens is 236 g/mol. The normalized spacial score (nSPS) is 21.8. The van der Waals surface area contributed by atoms with Gasteiger partial charge in [-0.1, -0.05) is 20.8 Å². The minimum absolute atomic E-state index is 0. The van der Waals surface area contributed by atoms with Crippen LogP contribution in [0.15, 0.2) is 0 Å². The number of carbonyl (C=O) groups is 1. The Hall–Kier alpha value is -0.280. The van der Waals surface area contributed by atoms with E-state index in [4.69, 9.17) is 0 Å². The molecule has 2 atom stereocenters. The molecule has 1 aliphatic heterocycles. The van der Waals surface area contributed by atoms with Gasteiger partial charge in [0.25, 0.3) is 0 Å². The molecule has 0 aromatic heterocycles. The molecule has 1 heterocycles. The first-order valence-corrected chi connectivity index (χ1v) is 6.42. The van der Waals surface area contributed by atoms with Crippen LogP contribution >= 0.6 is 12.4 Å². The topological polar surface area (TPSA) is 41.1 Å². The first kappa shape index (κ1) is 16.7. The molecule has 1 aliphatic rings. The zero-order chi connectivity index (χ0) is 12.2. The zero-order valence-corrected chi connectivity index (χ0v) is 12.3. The summed E-state index contributed by atoms with van der Waals surface area (Å²) in [4.78, 5) is 11.8. The van der Waals surface area contributed by atoms with Crippen LogP contribution in [0.5, 0.6) is 0 Å². The number of rotatable bonds is 4. The minimum atomic E-state index is 0. The molecule has 3 nitrogen and oxygen atoms in total. The molecule has 0 aromatic rings. The monoisotopic (exact) mass is 262 g/mol. The van der Waals surface area contributed by atoms with Gasteiger partial charge in [-0.15, -0.1) is 12.4 Å². The highest BCUT2D eigenvalue weighted by Crippen LogP contribution is 2.21. The third-order valence-electron chi connectivity index (χ3n) is 3.09. The van der Waals surface area contributed by atoms with E-state index in [1.807, 2.05) is 0 Å². The Morgan fingerprint density at radius 3 is 2.59 bits per heavy atom. The van der Waals surface area contributed by atoms with Crippen LogP contribution in [0, 0.1) is 5.41 Å². The fourth-order valence-corrected chi connectivity index (χ4v) is 1.97. The third kappa shape index (κ3) is 6.89. The van der Waals surface area contributed by atoms with Crippen molar-refractivity contribution < 1.29 is 4.79 Å². The van der Waals surface area contributed by atoms with Crippen molar-refractivity contribution in [3.63, 3.8) is 0 Å². The van der Waals surface area contributed by atoms with Crippen LogP contribution in [0.1, 0.15) is 53.4 Å². The second kappa shape index (κ2) is 7.22. The molecule has 0 radical (unpaired) electrons. The molecule has 0 bridgehead atoms. The second-order valence-electron chi connectivity index (χ2n) is 6.16.